The number of aromatic nitrogens is 1. The summed E-state index contributed by atoms with van der Waals surface area (Å²) >= 11 is 0. The van der Waals surface area contributed by atoms with Gasteiger partial charge < -0.3 is 4.98 Å². The molecule has 4 heteroatoms. The minimum absolute atomic E-state index is 0.630. The Bertz CT molecular complexity index is 158. The molecule has 0 radical (unpaired) electrons. The van der Waals surface area contributed by atoms with Crippen molar-refractivity contribution in [2.24, 2.45) is 5.84 Å². The fourth-order valence-corrected chi connectivity index (χ4v) is 0.747. The van der Waals surface area contributed by atoms with Crippen LogP contribution in [0.1, 0.15) is 5.56 Å². The predicted octanol–water partition coefficient (Wildman–Crippen LogP) is -0.475. The topological polar surface area (TPSA) is 65.9 Å². The van der Waals surface area contributed by atoms with E-state index >= 15 is 0 Å². The lowest BCUT2D eigenvalue weighted by atomic mass is 10.3. The third-order valence-electron chi connectivity index (χ3n) is 1.22. The standard InChI is InChI=1S/C6H12N4/c7-10-5-9-4-6-1-2-8-3-6/h1-3,8-10H,4-5,7H2. The van der Waals surface area contributed by atoms with Crippen molar-refractivity contribution in [3.63, 3.8) is 0 Å². The van der Waals surface area contributed by atoms with E-state index in [-0.39, 0.29) is 0 Å². The van der Waals surface area contributed by atoms with Gasteiger partial charge in [-0.15, -0.1) is 0 Å². The van der Waals surface area contributed by atoms with Gasteiger partial charge in [-0.2, -0.15) is 0 Å². The molecular weight excluding hydrogens is 128 g/mol. The minimum Gasteiger partial charge on any atom is -0.367 e. The van der Waals surface area contributed by atoms with Gasteiger partial charge in [-0.25, -0.2) is 5.43 Å². The van der Waals surface area contributed by atoms with E-state index in [2.05, 4.69) is 15.7 Å². The third kappa shape index (κ3) is 2.18. The second kappa shape index (κ2) is 4.05. The Labute approximate surface area is 59.8 Å². The van der Waals surface area contributed by atoms with Crippen LogP contribution in [0, 0.1) is 0 Å². The Morgan fingerprint density at radius 1 is 1.60 bits per heavy atom. The summed E-state index contributed by atoms with van der Waals surface area (Å²) < 4.78 is 0. The first kappa shape index (κ1) is 7.27. The highest BCUT2D eigenvalue weighted by atomic mass is 15.3. The highest BCUT2D eigenvalue weighted by Gasteiger charge is 1.88. The quantitative estimate of drug-likeness (QED) is 0.198. The van der Waals surface area contributed by atoms with E-state index in [0.717, 1.165) is 6.54 Å². The number of hydrogen-bond acceptors (Lipinski definition) is 3. The Morgan fingerprint density at radius 3 is 3.10 bits per heavy atom. The molecule has 0 aliphatic carbocycles. The van der Waals surface area contributed by atoms with Crippen LogP contribution in [-0.2, 0) is 6.54 Å². The first-order chi connectivity index (χ1) is 4.93. The summed E-state index contributed by atoms with van der Waals surface area (Å²) in [5.41, 5.74) is 3.74. The van der Waals surface area contributed by atoms with Crippen LogP contribution in [0.2, 0.25) is 0 Å². The molecule has 5 N–H and O–H groups in total. The van der Waals surface area contributed by atoms with Gasteiger partial charge >= 0.3 is 0 Å². The lowest BCUT2D eigenvalue weighted by Crippen LogP contribution is -2.33. The normalized spacial score (nSPS) is 10.1. The van der Waals surface area contributed by atoms with Crippen LogP contribution in [0.15, 0.2) is 18.5 Å². The summed E-state index contributed by atoms with van der Waals surface area (Å²) in [5.74, 6) is 5.05. The van der Waals surface area contributed by atoms with Crippen molar-refractivity contribution in [1.29, 1.82) is 0 Å². The first-order valence-electron chi connectivity index (χ1n) is 3.19. The van der Waals surface area contributed by atoms with E-state index in [0.29, 0.717) is 6.67 Å². The summed E-state index contributed by atoms with van der Waals surface area (Å²) in [6.45, 7) is 1.47. The van der Waals surface area contributed by atoms with Gasteiger partial charge in [-0.1, -0.05) is 0 Å². The summed E-state index contributed by atoms with van der Waals surface area (Å²) in [5, 5.41) is 3.08. The summed E-state index contributed by atoms with van der Waals surface area (Å²) in [6, 6.07) is 2.02. The molecular formula is C6H12N4. The number of H-pyrrole nitrogens is 1. The van der Waals surface area contributed by atoms with Crippen LogP contribution in [0.4, 0.5) is 0 Å². The maximum Gasteiger partial charge on any atom is 0.0590 e. The van der Waals surface area contributed by atoms with Gasteiger partial charge in [-0.05, 0) is 11.6 Å². The zero-order valence-corrected chi connectivity index (χ0v) is 5.72. The molecule has 0 spiro atoms. The number of hydrogen-bond donors (Lipinski definition) is 4. The number of hydrazine groups is 1. The molecule has 0 aliphatic rings. The molecule has 56 valence electrons. The highest BCUT2D eigenvalue weighted by molar-refractivity contribution is 5.07. The van der Waals surface area contributed by atoms with Crippen molar-refractivity contribution in [1.82, 2.24) is 15.7 Å². The molecule has 0 aliphatic heterocycles. The molecule has 1 heterocycles. The van der Waals surface area contributed by atoms with Gasteiger partial charge in [-0.3, -0.25) is 11.2 Å². The second-order valence-electron chi connectivity index (χ2n) is 2.03. The summed E-state index contributed by atoms with van der Waals surface area (Å²) in [4.78, 5) is 2.96. The monoisotopic (exact) mass is 140 g/mol. The van der Waals surface area contributed by atoms with Gasteiger partial charge in [0.05, 0.1) is 6.67 Å². The average molecular weight is 140 g/mol. The first-order valence-corrected chi connectivity index (χ1v) is 3.19. The number of rotatable bonds is 4. The molecule has 1 aromatic heterocycles. The number of nitrogens with one attached hydrogen (secondary N) is 3. The molecule has 0 amide bonds. The van der Waals surface area contributed by atoms with Gasteiger partial charge in [0.2, 0.25) is 0 Å². The van der Waals surface area contributed by atoms with Crippen LogP contribution >= 0.6 is 0 Å². The smallest absolute Gasteiger partial charge is 0.0590 e. The van der Waals surface area contributed by atoms with E-state index in [1.54, 1.807) is 0 Å². The molecule has 0 unspecified atom stereocenters. The van der Waals surface area contributed by atoms with Crippen molar-refractivity contribution in [2.45, 2.75) is 6.54 Å². The van der Waals surface area contributed by atoms with E-state index in [9.17, 15) is 0 Å². The number of nitrogens with two attached hydrogens (primary N) is 1. The van der Waals surface area contributed by atoms with Crippen molar-refractivity contribution < 1.29 is 0 Å². The lowest BCUT2D eigenvalue weighted by molar-refractivity contribution is 0.601. The maximum atomic E-state index is 5.05. The van der Waals surface area contributed by atoms with Gasteiger partial charge in [0.1, 0.15) is 0 Å². The van der Waals surface area contributed by atoms with Crippen LogP contribution in [0.5, 0.6) is 0 Å². The highest BCUT2D eigenvalue weighted by Crippen LogP contribution is 1.93. The second-order valence-corrected chi connectivity index (χ2v) is 2.03. The predicted molar refractivity (Wildman–Crippen MR) is 39.8 cm³/mol. The molecule has 0 atom stereocenters. The largest absolute Gasteiger partial charge is 0.367 e. The molecule has 0 bridgehead atoms. The Kier molecular flexibility index (Phi) is 2.95. The SMILES string of the molecule is NNCNCc1cc[nH]c1. The van der Waals surface area contributed by atoms with Crippen LogP contribution in [-0.4, -0.2) is 11.7 Å². The molecule has 1 rings (SSSR count). The van der Waals surface area contributed by atoms with Gasteiger partial charge in [0, 0.05) is 18.9 Å². The van der Waals surface area contributed by atoms with E-state index in [1.807, 2.05) is 18.5 Å². The van der Waals surface area contributed by atoms with Crippen molar-refractivity contribution in [2.75, 3.05) is 6.67 Å². The molecule has 0 aromatic carbocycles. The lowest BCUT2D eigenvalue weighted by Gasteiger charge is -1.99. The molecule has 0 fully saturated rings. The van der Waals surface area contributed by atoms with E-state index < -0.39 is 0 Å². The molecule has 0 saturated heterocycles. The zero-order chi connectivity index (χ0) is 7.23. The Balaban J connectivity index is 2.15. The fraction of sp³-hybridized carbons (Fsp3) is 0.333. The average Bonchev–Trinajstić information content (AvgIpc) is 2.41. The summed E-state index contributed by atoms with van der Waals surface area (Å²) in [6.07, 6.45) is 3.84. The number of aromatic amines is 1. The Hall–Kier alpha value is -0.840. The van der Waals surface area contributed by atoms with E-state index in [4.69, 9.17) is 5.84 Å². The molecule has 10 heavy (non-hydrogen) atoms. The molecule has 4 nitrogen and oxygen atoms in total. The van der Waals surface area contributed by atoms with Crippen LogP contribution in [0.3, 0.4) is 0 Å². The van der Waals surface area contributed by atoms with E-state index in [1.165, 1.54) is 5.56 Å². The maximum absolute atomic E-state index is 5.05. The van der Waals surface area contributed by atoms with Crippen molar-refractivity contribution in [3.05, 3.63) is 24.0 Å². The zero-order valence-electron chi connectivity index (χ0n) is 5.72. The fourth-order valence-electron chi connectivity index (χ4n) is 0.747. The third-order valence-corrected chi connectivity index (χ3v) is 1.22. The van der Waals surface area contributed by atoms with Gasteiger partial charge in [0.25, 0.3) is 0 Å². The molecule has 1 aromatic rings. The molecule has 0 saturated carbocycles. The summed E-state index contributed by atoms with van der Waals surface area (Å²) in [7, 11) is 0. The van der Waals surface area contributed by atoms with Crippen molar-refractivity contribution in [3.8, 4) is 0 Å². The van der Waals surface area contributed by atoms with Crippen LogP contribution < -0.4 is 16.6 Å². The van der Waals surface area contributed by atoms with Crippen molar-refractivity contribution >= 4 is 0 Å². The minimum atomic E-state index is 0.630. The van der Waals surface area contributed by atoms with Crippen LogP contribution in [0.25, 0.3) is 0 Å². The van der Waals surface area contributed by atoms with Gasteiger partial charge in [0.15, 0.2) is 0 Å². The Morgan fingerprint density at radius 2 is 2.50 bits per heavy atom.